The van der Waals surface area contributed by atoms with Gasteiger partial charge in [-0.15, -0.1) is 11.3 Å². The number of phenols is 1. The molecular formula is C20H24O2S. The molecule has 0 bridgehead atoms. The fourth-order valence-electron chi connectivity index (χ4n) is 2.62. The van der Waals surface area contributed by atoms with Gasteiger partial charge in [-0.05, 0) is 79.6 Å². The number of benzene rings is 1. The maximum Gasteiger partial charge on any atom is 0.195 e. The summed E-state index contributed by atoms with van der Waals surface area (Å²) >= 11 is 1.57. The van der Waals surface area contributed by atoms with Crippen molar-refractivity contribution in [2.75, 3.05) is 0 Å². The molecule has 0 aliphatic carbocycles. The quantitative estimate of drug-likeness (QED) is 0.583. The molecule has 0 aliphatic heterocycles. The average Bonchev–Trinajstić information content (AvgIpc) is 2.82. The molecule has 1 N–H and O–H groups in total. The Labute approximate surface area is 142 Å². The third kappa shape index (κ3) is 4.32. The molecule has 0 spiro atoms. The standard InChI is InChI=1S/C20H24O2S/c1-12(2)8-17-11-19(23-15(17)5)18(21)7-6-16-9-13(3)20(22)14(4)10-16/h6-7,9-12,22H,8H2,1-5H3/b7-6+. The van der Waals surface area contributed by atoms with E-state index in [9.17, 15) is 9.90 Å². The van der Waals surface area contributed by atoms with E-state index in [1.54, 1.807) is 17.4 Å². The van der Waals surface area contributed by atoms with Crippen molar-refractivity contribution in [3.8, 4) is 5.75 Å². The van der Waals surface area contributed by atoms with E-state index in [0.29, 0.717) is 11.7 Å². The van der Waals surface area contributed by atoms with Crippen LogP contribution in [0.25, 0.3) is 6.08 Å². The number of allylic oxidation sites excluding steroid dienone is 1. The number of aryl methyl sites for hydroxylation is 3. The average molecular weight is 328 g/mol. The van der Waals surface area contributed by atoms with Crippen LogP contribution in [0.5, 0.6) is 5.75 Å². The molecule has 0 radical (unpaired) electrons. The first-order chi connectivity index (χ1) is 10.8. The Morgan fingerprint density at radius 1 is 1.17 bits per heavy atom. The molecule has 0 fully saturated rings. The third-order valence-electron chi connectivity index (χ3n) is 3.83. The highest BCUT2D eigenvalue weighted by Gasteiger charge is 2.11. The lowest BCUT2D eigenvalue weighted by molar-refractivity contribution is 0.105. The minimum Gasteiger partial charge on any atom is -0.507 e. The van der Waals surface area contributed by atoms with Crippen LogP contribution in [0.2, 0.25) is 0 Å². The summed E-state index contributed by atoms with van der Waals surface area (Å²) < 4.78 is 0. The number of aromatic hydroxyl groups is 1. The van der Waals surface area contributed by atoms with Gasteiger partial charge in [0, 0.05) is 4.88 Å². The molecule has 1 aromatic heterocycles. The number of thiophene rings is 1. The van der Waals surface area contributed by atoms with Gasteiger partial charge in [0.05, 0.1) is 4.88 Å². The Morgan fingerprint density at radius 3 is 2.35 bits per heavy atom. The molecule has 1 heterocycles. The SMILES string of the molecule is Cc1cc(/C=C/C(=O)c2cc(CC(C)C)c(C)s2)cc(C)c1O. The van der Waals surface area contributed by atoms with Gasteiger partial charge in [-0.25, -0.2) is 0 Å². The third-order valence-corrected chi connectivity index (χ3v) is 4.94. The largest absolute Gasteiger partial charge is 0.507 e. The zero-order valence-corrected chi connectivity index (χ0v) is 15.3. The van der Waals surface area contributed by atoms with Crippen molar-refractivity contribution in [1.29, 1.82) is 0 Å². The van der Waals surface area contributed by atoms with Crippen molar-refractivity contribution >= 4 is 23.2 Å². The Kier molecular flexibility index (Phi) is 5.42. The van der Waals surface area contributed by atoms with E-state index in [4.69, 9.17) is 0 Å². The molecule has 3 heteroatoms. The zero-order valence-electron chi connectivity index (χ0n) is 14.4. The molecule has 0 saturated heterocycles. The van der Waals surface area contributed by atoms with Gasteiger partial charge in [-0.2, -0.15) is 0 Å². The molecule has 2 nitrogen and oxygen atoms in total. The summed E-state index contributed by atoms with van der Waals surface area (Å²) in [5, 5.41) is 9.80. The van der Waals surface area contributed by atoms with E-state index in [2.05, 4.69) is 20.8 Å². The molecule has 0 amide bonds. The molecule has 0 atom stereocenters. The number of hydrogen-bond acceptors (Lipinski definition) is 3. The second kappa shape index (κ2) is 7.14. The maximum atomic E-state index is 12.4. The second-order valence-corrected chi connectivity index (χ2v) is 7.75. The normalized spacial score (nSPS) is 11.6. The van der Waals surface area contributed by atoms with Crippen LogP contribution in [0.1, 0.15) is 50.7 Å². The topological polar surface area (TPSA) is 37.3 Å². The van der Waals surface area contributed by atoms with Gasteiger partial charge in [0.25, 0.3) is 0 Å². The summed E-state index contributed by atoms with van der Waals surface area (Å²) in [4.78, 5) is 14.4. The van der Waals surface area contributed by atoms with Crippen LogP contribution in [0.15, 0.2) is 24.3 Å². The monoisotopic (exact) mass is 328 g/mol. The van der Waals surface area contributed by atoms with Crippen molar-refractivity contribution in [1.82, 2.24) is 0 Å². The fraction of sp³-hybridized carbons (Fsp3) is 0.350. The first-order valence-corrected chi connectivity index (χ1v) is 8.71. The van der Waals surface area contributed by atoms with E-state index in [-0.39, 0.29) is 5.78 Å². The van der Waals surface area contributed by atoms with Gasteiger partial charge in [-0.1, -0.05) is 19.9 Å². The van der Waals surface area contributed by atoms with E-state index >= 15 is 0 Å². The summed E-state index contributed by atoms with van der Waals surface area (Å²) in [6.45, 7) is 10.2. The molecule has 0 aliphatic rings. The molecule has 2 aromatic rings. The number of phenolic OH excluding ortho intramolecular Hbond substituents is 1. The Morgan fingerprint density at radius 2 is 1.78 bits per heavy atom. The molecule has 0 saturated carbocycles. The Bertz CT molecular complexity index is 728. The minimum atomic E-state index is 0.0384. The lowest BCUT2D eigenvalue weighted by atomic mass is 10.0. The Hall–Kier alpha value is -1.87. The van der Waals surface area contributed by atoms with Crippen molar-refractivity contribution in [2.45, 2.75) is 41.0 Å². The summed E-state index contributed by atoms with van der Waals surface area (Å²) in [5.74, 6) is 0.946. The van der Waals surface area contributed by atoms with Crippen LogP contribution in [0, 0.1) is 26.7 Å². The van der Waals surface area contributed by atoms with Gasteiger partial charge >= 0.3 is 0 Å². The van der Waals surface area contributed by atoms with E-state index in [1.807, 2.05) is 38.1 Å². The van der Waals surface area contributed by atoms with Gasteiger partial charge in [0.2, 0.25) is 0 Å². The lowest BCUT2D eigenvalue weighted by Gasteiger charge is -2.04. The van der Waals surface area contributed by atoms with Crippen LogP contribution in [-0.4, -0.2) is 10.9 Å². The highest BCUT2D eigenvalue weighted by Crippen LogP contribution is 2.26. The first-order valence-electron chi connectivity index (χ1n) is 7.90. The molecule has 2 rings (SSSR count). The van der Waals surface area contributed by atoms with Crippen LogP contribution in [0.3, 0.4) is 0 Å². The van der Waals surface area contributed by atoms with Crippen molar-refractivity contribution in [3.05, 3.63) is 56.3 Å². The summed E-state index contributed by atoms with van der Waals surface area (Å²) in [7, 11) is 0. The smallest absolute Gasteiger partial charge is 0.195 e. The summed E-state index contributed by atoms with van der Waals surface area (Å²) in [6, 6.07) is 5.80. The van der Waals surface area contributed by atoms with Gasteiger partial charge in [-0.3, -0.25) is 4.79 Å². The Balaban J connectivity index is 2.19. The number of hydrogen-bond donors (Lipinski definition) is 1. The molecule has 0 unspecified atom stereocenters. The van der Waals surface area contributed by atoms with E-state index < -0.39 is 0 Å². The molecule has 1 aromatic carbocycles. The van der Waals surface area contributed by atoms with Gasteiger partial charge in [0.15, 0.2) is 5.78 Å². The first kappa shape index (κ1) is 17.5. The summed E-state index contributed by atoms with van der Waals surface area (Å²) in [5.41, 5.74) is 3.85. The zero-order chi connectivity index (χ0) is 17.1. The van der Waals surface area contributed by atoms with Crippen molar-refractivity contribution in [2.24, 2.45) is 5.92 Å². The maximum absolute atomic E-state index is 12.4. The predicted octanol–water partition coefficient (Wildman–Crippen LogP) is 5.47. The van der Waals surface area contributed by atoms with Gasteiger partial charge < -0.3 is 5.11 Å². The highest BCUT2D eigenvalue weighted by atomic mass is 32.1. The van der Waals surface area contributed by atoms with Crippen molar-refractivity contribution < 1.29 is 9.90 Å². The molecular weight excluding hydrogens is 304 g/mol. The van der Waals surface area contributed by atoms with Crippen molar-refractivity contribution in [3.63, 3.8) is 0 Å². The van der Waals surface area contributed by atoms with E-state index in [0.717, 1.165) is 28.0 Å². The molecule has 23 heavy (non-hydrogen) atoms. The number of rotatable bonds is 5. The minimum absolute atomic E-state index is 0.0384. The number of ketones is 1. The summed E-state index contributed by atoms with van der Waals surface area (Å²) in [6.07, 6.45) is 4.45. The van der Waals surface area contributed by atoms with Crippen LogP contribution in [-0.2, 0) is 6.42 Å². The highest BCUT2D eigenvalue weighted by molar-refractivity contribution is 7.14. The lowest BCUT2D eigenvalue weighted by Crippen LogP contribution is -1.94. The second-order valence-electron chi connectivity index (χ2n) is 6.49. The molecule has 122 valence electrons. The predicted molar refractivity (Wildman–Crippen MR) is 98.5 cm³/mol. The fourth-order valence-corrected chi connectivity index (χ4v) is 3.60. The van der Waals surface area contributed by atoms with Crippen LogP contribution in [0.4, 0.5) is 0 Å². The van der Waals surface area contributed by atoms with Crippen LogP contribution < -0.4 is 0 Å². The van der Waals surface area contributed by atoms with Crippen LogP contribution >= 0.6 is 11.3 Å². The van der Waals surface area contributed by atoms with E-state index in [1.165, 1.54) is 10.4 Å². The van der Waals surface area contributed by atoms with Gasteiger partial charge in [0.1, 0.15) is 5.75 Å². The number of carbonyl (C=O) groups is 1. The number of carbonyl (C=O) groups excluding carboxylic acids is 1.